The summed E-state index contributed by atoms with van der Waals surface area (Å²) < 4.78 is 18.0. The number of anilines is 2. The van der Waals surface area contributed by atoms with E-state index in [4.69, 9.17) is 19.6 Å². The Balaban J connectivity index is 1.21. The van der Waals surface area contributed by atoms with E-state index in [-0.39, 0.29) is 17.6 Å². The summed E-state index contributed by atoms with van der Waals surface area (Å²) in [6.45, 7) is 6.49. The van der Waals surface area contributed by atoms with Crippen molar-refractivity contribution in [2.75, 3.05) is 12.4 Å². The van der Waals surface area contributed by atoms with Crippen LogP contribution < -0.4 is 14.8 Å². The number of nitrogens with one attached hydrogen (secondary N) is 1. The molecule has 2 saturated carbocycles. The van der Waals surface area contributed by atoms with E-state index in [0.29, 0.717) is 58.9 Å². The number of ether oxygens (including phenoxy) is 2. The van der Waals surface area contributed by atoms with Gasteiger partial charge in [-0.1, -0.05) is 20.8 Å². The Labute approximate surface area is 231 Å². The molecule has 0 atom stereocenters. The number of aliphatic hydroxyl groups is 1. The maximum atomic E-state index is 9.86. The molecule has 2 fully saturated rings. The van der Waals surface area contributed by atoms with E-state index in [2.05, 4.69) is 47.1 Å². The summed E-state index contributed by atoms with van der Waals surface area (Å²) in [7, 11) is 3.51. The molecule has 0 saturated heterocycles. The molecule has 0 radical (unpaired) electrons. The molecule has 208 valence electrons. The second-order valence-corrected chi connectivity index (χ2v) is 11.8. The van der Waals surface area contributed by atoms with Crippen LogP contribution in [0.4, 0.5) is 11.8 Å². The van der Waals surface area contributed by atoms with Gasteiger partial charge in [-0.25, -0.2) is 15.0 Å². The van der Waals surface area contributed by atoms with Crippen molar-refractivity contribution in [1.29, 1.82) is 0 Å². The molecule has 0 unspecified atom stereocenters. The molecule has 0 aromatic carbocycles. The van der Waals surface area contributed by atoms with Gasteiger partial charge in [-0.2, -0.15) is 10.1 Å². The number of methoxy groups -OCH3 is 1. The van der Waals surface area contributed by atoms with Crippen molar-refractivity contribution in [3.63, 3.8) is 0 Å². The quantitative estimate of drug-likeness (QED) is 0.302. The lowest BCUT2D eigenvalue weighted by Gasteiger charge is -2.34. The van der Waals surface area contributed by atoms with Crippen molar-refractivity contribution in [3.05, 3.63) is 42.4 Å². The Kier molecular flexibility index (Phi) is 5.53. The summed E-state index contributed by atoms with van der Waals surface area (Å²) in [5, 5.41) is 18.1. The highest BCUT2D eigenvalue weighted by atomic mass is 16.5. The number of hydrogen-bond acceptors (Lipinski definition) is 9. The first-order valence-electron chi connectivity index (χ1n) is 13.6. The lowest BCUT2D eigenvalue weighted by atomic mass is 9.87. The first-order valence-corrected chi connectivity index (χ1v) is 13.6. The molecule has 0 aliphatic heterocycles. The van der Waals surface area contributed by atoms with Crippen molar-refractivity contribution < 1.29 is 14.6 Å². The van der Waals surface area contributed by atoms with E-state index >= 15 is 0 Å². The average Bonchev–Trinajstić information content (AvgIpc) is 3.38. The molecule has 2 aliphatic rings. The zero-order valence-corrected chi connectivity index (χ0v) is 23.3. The van der Waals surface area contributed by atoms with Crippen molar-refractivity contribution in [2.45, 2.75) is 69.9 Å². The maximum Gasteiger partial charge on any atom is 0.211 e. The number of rotatable bonds is 7. The molecule has 5 heterocycles. The summed E-state index contributed by atoms with van der Waals surface area (Å²) in [6, 6.07) is 2.25. The molecular formula is C28H33N9O3. The molecule has 0 bridgehead atoms. The van der Waals surface area contributed by atoms with Gasteiger partial charge in [-0.15, -0.1) is 0 Å². The molecule has 40 heavy (non-hydrogen) atoms. The van der Waals surface area contributed by atoms with E-state index < -0.39 is 0 Å². The first kappa shape index (κ1) is 24.8. The van der Waals surface area contributed by atoms with E-state index in [1.54, 1.807) is 25.7 Å². The summed E-state index contributed by atoms with van der Waals surface area (Å²) in [4.78, 5) is 18.3. The highest BCUT2D eigenvalue weighted by Crippen LogP contribution is 2.41. The van der Waals surface area contributed by atoms with Gasteiger partial charge in [0.15, 0.2) is 34.4 Å². The predicted molar refractivity (Wildman–Crippen MR) is 149 cm³/mol. The Morgan fingerprint density at radius 1 is 1.07 bits per heavy atom. The smallest absolute Gasteiger partial charge is 0.211 e. The minimum Gasteiger partial charge on any atom is -0.491 e. The molecule has 2 aliphatic carbocycles. The fourth-order valence-electron chi connectivity index (χ4n) is 5.38. The number of aryl methyl sites for hydroxylation is 1. The SMILES string of the molecule is COc1c(Oc2cnc3cnc(C4CC4)n3c2)cnc2nc(Nc3cc(C(C)(C)C)n([C@H]4C[C@H](O)C4)n3)n(C)c12. The molecule has 5 aromatic heterocycles. The van der Waals surface area contributed by atoms with Gasteiger partial charge in [0, 0.05) is 30.1 Å². The number of imidazole rings is 2. The van der Waals surface area contributed by atoms with Gasteiger partial charge in [-0.3, -0.25) is 9.08 Å². The average molecular weight is 544 g/mol. The summed E-state index contributed by atoms with van der Waals surface area (Å²) in [5.74, 6) is 4.31. The predicted octanol–water partition coefficient (Wildman–Crippen LogP) is 4.62. The Hall–Kier alpha value is -4.19. The van der Waals surface area contributed by atoms with Crippen LogP contribution in [0.25, 0.3) is 16.8 Å². The van der Waals surface area contributed by atoms with Crippen molar-refractivity contribution in [3.8, 4) is 17.2 Å². The number of aromatic nitrogens is 8. The normalized spacial score (nSPS) is 19.2. The van der Waals surface area contributed by atoms with Gasteiger partial charge in [-0.05, 0) is 25.7 Å². The lowest BCUT2D eigenvalue weighted by Crippen LogP contribution is -2.34. The van der Waals surface area contributed by atoms with Crippen molar-refractivity contribution >= 4 is 28.6 Å². The number of hydrogen-bond donors (Lipinski definition) is 2. The highest BCUT2D eigenvalue weighted by Gasteiger charge is 2.34. The third-order valence-electron chi connectivity index (χ3n) is 7.76. The summed E-state index contributed by atoms with van der Waals surface area (Å²) in [5.41, 5.74) is 3.00. The Morgan fingerprint density at radius 3 is 2.58 bits per heavy atom. The van der Waals surface area contributed by atoms with Gasteiger partial charge in [0.25, 0.3) is 0 Å². The van der Waals surface area contributed by atoms with Crippen molar-refractivity contribution in [2.24, 2.45) is 7.05 Å². The van der Waals surface area contributed by atoms with Crippen LogP contribution in [-0.4, -0.2) is 57.0 Å². The minimum atomic E-state index is -0.258. The van der Waals surface area contributed by atoms with E-state index in [0.717, 1.165) is 30.0 Å². The molecule has 0 spiro atoms. The molecule has 5 aromatic rings. The van der Waals surface area contributed by atoms with Crippen LogP contribution in [0.1, 0.15) is 69.9 Å². The summed E-state index contributed by atoms with van der Waals surface area (Å²) >= 11 is 0. The van der Waals surface area contributed by atoms with Crippen LogP contribution in [0.15, 0.2) is 30.9 Å². The Morgan fingerprint density at radius 2 is 1.88 bits per heavy atom. The number of pyridine rings is 1. The maximum absolute atomic E-state index is 9.86. The third-order valence-corrected chi connectivity index (χ3v) is 7.76. The largest absolute Gasteiger partial charge is 0.491 e. The van der Waals surface area contributed by atoms with Crippen LogP contribution in [0.5, 0.6) is 17.2 Å². The van der Waals surface area contributed by atoms with Gasteiger partial charge in [0.1, 0.15) is 11.3 Å². The van der Waals surface area contributed by atoms with Crippen LogP contribution in [0.3, 0.4) is 0 Å². The van der Waals surface area contributed by atoms with Crippen LogP contribution in [-0.2, 0) is 12.5 Å². The minimum absolute atomic E-state index is 0.106. The zero-order valence-electron chi connectivity index (χ0n) is 23.3. The molecule has 7 rings (SSSR count). The van der Waals surface area contributed by atoms with Gasteiger partial charge in [0.05, 0.1) is 44.0 Å². The topological polar surface area (TPSA) is 129 Å². The molecule has 2 N–H and O–H groups in total. The second-order valence-electron chi connectivity index (χ2n) is 11.8. The van der Waals surface area contributed by atoms with Crippen LogP contribution in [0.2, 0.25) is 0 Å². The van der Waals surface area contributed by atoms with E-state index in [1.165, 1.54) is 0 Å². The van der Waals surface area contributed by atoms with Crippen molar-refractivity contribution in [1.82, 2.24) is 38.7 Å². The second kappa shape index (κ2) is 8.91. The molecular weight excluding hydrogens is 510 g/mol. The van der Waals surface area contributed by atoms with Gasteiger partial charge < -0.3 is 24.5 Å². The molecule has 0 amide bonds. The Bertz CT molecular complexity index is 1740. The monoisotopic (exact) mass is 543 g/mol. The number of nitrogens with zero attached hydrogens (tertiary/aromatic N) is 8. The number of fused-ring (bicyclic) bond motifs is 2. The fraction of sp³-hybridized carbons (Fsp3) is 0.464. The third kappa shape index (κ3) is 4.14. The first-order chi connectivity index (χ1) is 19.2. The van der Waals surface area contributed by atoms with Gasteiger partial charge in [0.2, 0.25) is 5.95 Å². The molecule has 12 nitrogen and oxygen atoms in total. The van der Waals surface area contributed by atoms with E-state index in [1.807, 2.05) is 26.9 Å². The highest BCUT2D eigenvalue weighted by molar-refractivity contribution is 5.84. The van der Waals surface area contributed by atoms with Crippen LogP contribution in [0, 0.1) is 0 Å². The van der Waals surface area contributed by atoms with E-state index in [9.17, 15) is 5.11 Å². The standard InChI is InChI=1S/C28H33N9O3/c1-28(2,3)20-10-21(34-37(20)16-8-17(38)9-16)32-27-33-25-23(35(27)4)24(39-5)19(12-30-25)40-18-11-29-22-13-31-26(15-6-7-15)36(22)14-18/h10-17,38H,6-9H2,1-5H3,(H,30,32,33,34)/t16-,17-. The number of aliphatic hydroxyl groups excluding tert-OH is 1. The molecule has 12 heteroatoms. The lowest BCUT2D eigenvalue weighted by molar-refractivity contribution is 0.0411. The van der Waals surface area contributed by atoms with Crippen LogP contribution >= 0.6 is 0 Å². The zero-order chi connectivity index (χ0) is 27.8. The van der Waals surface area contributed by atoms with Gasteiger partial charge >= 0.3 is 0 Å². The fourth-order valence-corrected chi connectivity index (χ4v) is 5.38. The summed E-state index contributed by atoms with van der Waals surface area (Å²) in [6.07, 6.45) is 10.5.